The highest BCUT2D eigenvalue weighted by Gasteiger charge is 2.47. The molecule has 1 heterocycles. The summed E-state index contributed by atoms with van der Waals surface area (Å²) in [5.74, 6) is -0.574. The minimum Gasteiger partial charge on any atom is -0.334 e. The topological polar surface area (TPSA) is 61.2 Å². The number of benzene rings is 3. The normalized spacial score (nSPS) is 19.3. The highest BCUT2D eigenvalue weighted by molar-refractivity contribution is 6.32. The van der Waals surface area contributed by atoms with E-state index in [0.717, 1.165) is 22.3 Å². The van der Waals surface area contributed by atoms with Gasteiger partial charge >= 0.3 is 5.91 Å². The molecule has 1 aliphatic heterocycles. The maximum absolute atomic E-state index is 12.9. The van der Waals surface area contributed by atoms with E-state index in [9.17, 15) is 9.59 Å². The first kappa shape index (κ1) is 20.8. The SMILES string of the molecule is Cc1ccc([C@@H]2[C@@H](NC(=O)c3cccc(C)c3)C(=O)N/[N+]2=C\c2ccccc2Cl)cc1. The second-order valence-electron chi connectivity index (χ2n) is 7.71. The van der Waals surface area contributed by atoms with E-state index in [0.29, 0.717) is 10.6 Å². The number of carbonyl (C=O) groups is 2. The summed E-state index contributed by atoms with van der Waals surface area (Å²) in [6, 6.07) is 21.4. The summed E-state index contributed by atoms with van der Waals surface area (Å²) >= 11 is 6.33. The van der Waals surface area contributed by atoms with Crippen LogP contribution in [-0.4, -0.2) is 28.8 Å². The molecule has 3 aromatic rings. The molecule has 5 nitrogen and oxygen atoms in total. The lowest BCUT2D eigenvalue weighted by Gasteiger charge is -2.15. The van der Waals surface area contributed by atoms with Crippen LogP contribution >= 0.6 is 11.6 Å². The highest BCUT2D eigenvalue weighted by Crippen LogP contribution is 2.26. The first-order valence-electron chi connectivity index (χ1n) is 10.0. The van der Waals surface area contributed by atoms with Gasteiger partial charge in [-0.3, -0.25) is 9.59 Å². The smallest absolute Gasteiger partial charge is 0.304 e. The van der Waals surface area contributed by atoms with Crippen LogP contribution in [0.25, 0.3) is 0 Å². The van der Waals surface area contributed by atoms with Crippen LogP contribution in [0.15, 0.2) is 72.8 Å². The molecule has 0 radical (unpaired) electrons. The molecular formula is C25H23ClN3O2+. The van der Waals surface area contributed by atoms with Gasteiger partial charge in [0.1, 0.15) is 0 Å². The van der Waals surface area contributed by atoms with Gasteiger partial charge < -0.3 is 5.32 Å². The second kappa shape index (κ2) is 8.74. The van der Waals surface area contributed by atoms with Crippen LogP contribution in [0.2, 0.25) is 5.02 Å². The Morgan fingerprint density at radius 3 is 2.45 bits per heavy atom. The number of hydrazine groups is 1. The fourth-order valence-corrected chi connectivity index (χ4v) is 3.87. The van der Waals surface area contributed by atoms with E-state index in [-0.39, 0.29) is 11.8 Å². The van der Waals surface area contributed by atoms with Crippen molar-refractivity contribution >= 4 is 29.6 Å². The van der Waals surface area contributed by atoms with Crippen LogP contribution < -0.4 is 10.7 Å². The van der Waals surface area contributed by atoms with Gasteiger partial charge in [-0.25, -0.2) is 0 Å². The molecular weight excluding hydrogens is 410 g/mol. The summed E-state index contributed by atoms with van der Waals surface area (Å²) in [6.07, 6.45) is 1.80. The van der Waals surface area contributed by atoms with E-state index in [1.54, 1.807) is 29.1 Å². The van der Waals surface area contributed by atoms with Crippen molar-refractivity contribution in [2.24, 2.45) is 0 Å². The molecule has 31 heavy (non-hydrogen) atoms. The second-order valence-corrected chi connectivity index (χ2v) is 8.12. The molecule has 3 aromatic carbocycles. The molecule has 0 unspecified atom stereocenters. The molecule has 0 aliphatic carbocycles. The molecule has 1 aliphatic rings. The summed E-state index contributed by atoms with van der Waals surface area (Å²) in [4.78, 5) is 25.8. The van der Waals surface area contributed by atoms with E-state index in [1.165, 1.54) is 0 Å². The third-order valence-electron chi connectivity index (χ3n) is 5.31. The molecule has 0 bridgehead atoms. The van der Waals surface area contributed by atoms with Crippen LogP contribution in [0.5, 0.6) is 0 Å². The molecule has 2 N–H and O–H groups in total. The van der Waals surface area contributed by atoms with Crippen molar-refractivity contribution in [1.29, 1.82) is 0 Å². The Labute approximate surface area is 186 Å². The van der Waals surface area contributed by atoms with Crippen LogP contribution in [0, 0.1) is 13.8 Å². The summed E-state index contributed by atoms with van der Waals surface area (Å²) < 4.78 is 1.72. The van der Waals surface area contributed by atoms with Crippen LogP contribution in [-0.2, 0) is 4.79 Å². The molecule has 0 saturated carbocycles. The minimum atomic E-state index is -0.769. The van der Waals surface area contributed by atoms with Gasteiger partial charge in [-0.2, -0.15) is 0 Å². The monoisotopic (exact) mass is 432 g/mol. The van der Waals surface area contributed by atoms with Gasteiger partial charge in [0.15, 0.2) is 6.04 Å². The number of carbonyl (C=O) groups excluding carboxylic acids is 2. The number of nitrogens with one attached hydrogen (secondary N) is 2. The minimum absolute atomic E-state index is 0.283. The van der Waals surface area contributed by atoms with Gasteiger partial charge in [0, 0.05) is 11.1 Å². The largest absolute Gasteiger partial charge is 0.334 e. The van der Waals surface area contributed by atoms with Crippen molar-refractivity contribution in [3.8, 4) is 0 Å². The summed E-state index contributed by atoms with van der Waals surface area (Å²) in [5, 5.41) is 3.50. The number of aryl methyl sites for hydroxylation is 2. The number of hydrogen-bond donors (Lipinski definition) is 2. The van der Waals surface area contributed by atoms with Gasteiger partial charge in [-0.15, -0.1) is 10.1 Å². The fourth-order valence-electron chi connectivity index (χ4n) is 3.68. The predicted molar refractivity (Wildman–Crippen MR) is 121 cm³/mol. The zero-order valence-corrected chi connectivity index (χ0v) is 18.1. The third kappa shape index (κ3) is 4.52. The molecule has 2 amide bonds. The lowest BCUT2D eigenvalue weighted by Crippen LogP contribution is -2.42. The van der Waals surface area contributed by atoms with Crippen LogP contribution in [0.4, 0.5) is 0 Å². The van der Waals surface area contributed by atoms with E-state index in [2.05, 4.69) is 10.7 Å². The zero-order chi connectivity index (χ0) is 22.0. The Kier molecular flexibility index (Phi) is 5.87. The molecule has 1 saturated heterocycles. The standard InChI is InChI=1S/C25H22ClN3O2/c1-16-10-12-18(13-11-16)23-22(27-24(30)19-8-5-6-17(2)14-19)25(31)28-29(23)15-20-7-3-4-9-21(20)26/h3-15,22-23H,1-2H3,(H-,27,28,30,31)/p+1/b29-15-/t22-,23-/m1/s1. The number of amides is 2. The van der Waals surface area contributed by atoms with Crippen molar-refractivity contribution < 1.29 is 14.3 Å². The average Bonchev–Trinajstić information content (AvgIpc) is 3.05. The first-order chi connectivity index (χ1) is 14.9. The zero-order valence-electron chi connectivity index (χ0n) is 17.3. The van der Waals surface area contributed by atoms with Gasteiger partial charge in [-0.05, 0) is 38.1 Å². The number of hydrazone groups is 1. The Morgan fingerprint density at radius 1 is 1.00 bits per heavy atom. The van der Waals surface area contributed by atoms with E-state index in [4.69, 9.17) is 11.6 Å². The van der Waals surface area contributed by atoms with Crippen molar-refractivity contribution in [1.82, 2.24) is 10.7 Å². The maximum Gasteiger partial charge on any atom is 0.304 e. The summed E-state index contributed by atoms with van der Waals surface area (Å²) in [6.45, 7) is 3.93. The quantitative estimate of drug-likeness (QED) is 0.613. The van der Waals surface area contributed by atoms with E-state index < -0.39 is 12.1 Å². The lowest BCUT2D eigenvalue weighted by atomic mass is 9.98. The van der Waals surface area contributed by atoms with Crippen LogP contribution in [0.3, 0.4) is 0 Å². The average molecular weight is 433 g/mol. The van der Waals surface area contributed by atoms with E-state index in [1.807, 2.05) is 68.4 Å². The molecule has 6 heteroatoms. The number of nitrogens with zero attached hydrogens (tertiary/aromatic N) is 1. The lowest BCUT2D eigenvalue weighted by molar-refractivity contribution is -0.596. The molecule has 1 fully saturated rings. The summed E-state index contributed by atoms with van der Waals surface area (Å²) in [7, 11) is 0. The Bertz CT molecular complexity index is 1170. The number of halogens is 1. The van der Waals surface area contributed by atoms with Crippen molar-refractivity contribution in [2.45, 2.75) is 25.9 Å². The highest BCUT2D eigenvalue weighted by atomic mass is 35.5. The Morgan fingerprint density at radius 2 is 1.74 bits per heavy atom. The molecule has 0 spiro atoms. The van der Waals surface area contributed by atoms with Gasteiger partial charge in [-0.1, -0.05) is 71.3 Å². The Hall–Kier alpha value is -3.44. The first-order valence-corrected chi connectivity index (χ1v) is 10.4. The van der Waals surface area contributed by atoms with Crippen LogP contribution in [0.1, 0.15) is 38.7 Å². The summed E-state index contributed by atoms with van der Waals surface area (Å²) in [5.41, 5.74) is 7.16. The van der Waals surface area contributed by atoms with Gasteiger partial charge in [0.2, 0.25) is 12.3 Å². The third-order valence-corrected chi connectivity index (χ3v) is 5.65. The fraction of sp³-hybridized carbons (Fsp3) is 0.160. The maximum atomic E-state index is 12.9. The van der Waals surface area contributed by atoms with Gasteiger partial charge in [0.05, 0.1) is 10.6 Å². The van der Waals surface area contributed by atoms with Crippen molar-refractivity contribution in [3.63, 3.8) is 0 Å². The molecule has 2 atom stereocenters. The van der Waals surface area contributed by atoms with Gasteiger partial charge in [0.25, 0.3) is 5.91 Å². The van der Waals surface area contributed by atoms with Crippen molar-refractivity contribution in [3.05, 3.63) is 106 Å². The van der Waals surface area contributed by atoms with Crippen molar-refractivity contribution in [2.75, 3.05) is 0 Å². The Balaban J connectivity index is 1.72. The number of hydrogen-bond acceptors (Lipinski definition) is 2. The molecule has 4 rings (SSSR count). The molecule has 0 aromatic heterocycles. The molecule has 156 valence electrons. The number of rotatable bonds is 4. The van der Waals surface area contributed by atoms with E-state index >= 15 is 0 Å². The predicted octanol–water partition coefficient (Wildman–Crippen LogP) is 3.97.